The third-order valence-electron chi connectivity index (χ3n) is 5.32. The largest absolute Gasteiger partial charge is 0.345 e. The highest BCUT2D eigenvalue weighted by molar-refractivity contribution is 8.00. The number of nitrogens with zero attached hydrogens (tertiary/aromatic N) is 3. The molecular weight excluding hydrogens is 475 g/mol. The fourth-order valence-corrected chi connectivity index (χ4v) is 4.19. The summed E-state index contributed by atoms with van der Waals surface area (Å²) >= 11 is 0.814. The number of hydrogen-bond acceptors (Lipinski definition) is 6. The van der Waals surface area contributed by atoms with Gasteiger partial charge in [-0.25, -0.2) is 28.1 Å². The van der Waals surface area contributed by atoms with Crippen molar-refractivity contribution in [2.24, 2.45) is 0 Å². The number of fused-ring (bicyclic) bond motifs is 1. The molecule has 6 nitrogen and oxygen atoms in total. The first-order valence-corrected chi connectivity index (χ1v) is 11.2. The molecule has 0 radical (unpaired) electrons. The first-order valence-electron chi connectivity index (χ1n) is 10.4. The zero-order valence-corrected chi connectivity index (χ0v) is 19.0. The van der Waals surface area contributed by atoms with Crippen molar-refractivity contribution in [2.45, 2.75) is 11.8 Å². The van der Waals surface area contributed by atoms with E-state index in [4.69, 9.17) is 0 Å². The molecular formula is C25H16F3N5OS. The third kappa shape index (κ3) is 4.35. The lowest BCUT2D eigenvalue weighted by molar-refractivity contribution is 0.103. The Balaban J connectivity index is 1.50. The van der Waals surface area contributed by atoms with Crippen molar-refractivity contribution < 1.29 is 18.0 Å². The number of hydrogen-bond donors (Lipinski definition) is 2. The number of aromatic nitrogens is 4. The fourth-order valence-electron chi connectivity index (χ4n) is 3.50. The number of aryl methyl sites for hydroxylation is 1. The second-order valence-electron chi connectivity index (χ2n) is 7.59. The zero-order chi connectivity index (χ0) is 24.5. The molecule has 0 saturated heterocycles. The number of rotatable bonds is 6. The molecule has 35 heavy (non-hydrogen) atoms. The van der Waals surface area contributed by atoms with Crippen molar-refractivity contribution in [3.8, 4) is 11.1 Å². The topological polar surface area (TPSA) is 83.6 Å². The van der Waals surface area contributed by atoms with E-state index in [9.17, 15) is 13.6 Å². The standard InChI is InChI=1S/C25H16F3N5OS/c1-13-29-10-15(11-30-13)14-8-16-17(12-32-25(16)31-9-14)24(34)22-19(27)6-7-20(23(22)28)33-35-21-5-3-2-4-18(21)26/h2-12,33H,1H3,(H,31,32). The van der Waals surface area contributed by atoms with Crippen LogP contribution >= 0.6 is 11.9 Å². The van der Waals surface area contributed by atoms with Crippen LogP contribution in [0.25, 0.3) is 22.2 Å². The van der Waals surface area contributed by atoms with Crippen LogP contribution in [0, 0.1) is 24.4 Å². The second kappa shape index (κ2) is 9.22. The highest BCUT2D eigenvalue weighted by Gasteiger charge is 2.25. The van der Waals surface area contributed by atoms with E-state index in [0.29, 0.717) is 28.0 Å². The van der Waals surface area contributed by atoms with Crippen LogP contribution in [0.4, 0.5) is 18.9 Å². The minimum Gasteiger partial charge on any atom is -0.345 e. The van der Waals surface area contributed by atoms with Gasteiger partial charge in [0.15, 0.2) is 5.82 Å². The van der Waals surface area contributed by atoms with E-state index < -0.39 is 28.8 Å². The van der Waals surface area contributed by atoms with E-state index in [1.165, 1.54) is 24.4 Å². The van der Waals surface area contributed by atoms with Crippen LogP contribution in [0.5, 0.6) is 0 Å². The van der Waals surface area contributed by atoms with Crippen molar-refractivity contribution in [2.75, 3.05) is 4.72 Å². The lowest BCUT2D eigenvalue weighted by atomic mass is 10.0. The Bertz CT molecular complexity index is 1570. The van der Waals surface area contributed by atoms with Gasteiger partial charge in [-0.3, -0.25) is 4.79 Å². The molecule has 5 rings (SSSR count). The second-order valence-corrected chi connectivity index (χ2v) is 8.44. The van der Waals surface area contributed by atoms with Crippen molar-refractivity contribution in [1.29, 1.82) is 0 Å². The number of pyridine rings is 1. The van der Waals surface area contributed by atoms with Crippen molar-refractivity contribution in [1.82, 2.24) is 19.9 Å². The monoisotopic (exact) mass is 491 g/mol. The van der Waals surface area contributed by atoms with Crippen LogP contribution in [0.15, 0.2) is 72.1 Å². The lowest BCUT2D eigenvalue weighted by Gasteiger charge is -2.11. The molecule has 2 aromatic carbocycles. The van der Waals surface area contributed by atoms with E-state index >= 15 is 4.39 Å². The summed E-state index contributed by atoms with van der Waals surface area (Å²) in [6.45, 7) is 1.76. The van der Waals surface area contributed by atoms with Gasteiger partial charge in [-0.15, -0.1) is 0 Å². The fraction of sp³-hybridized carbons (Fsp3) is 0.0400. The minimum atomic E-state index is -1.08. The van der Waals surface area contributed by atoms with Crippen molar-refractivity contribution in [3.05, 3.63) is 102 Å². The predicted octanol–water partition coefficient (Wildman–Crippen LogP) is 6.10. The van der Waals surface area contributed by atoms with Gasteiger partial charge in [0.2, 0.25) is 5.78 Å². The number of anilines is 1. The highest BCUT2D eigenvalue weighted by Crippen LogP contribution is 2.31. The molecule has 0 spiro atoms. The van der Waals surface area contributed by atoms with Crippen LogP contribution in [0.3, 0.4) is 0 Å². The van der Waals surface area contributed by atoms with Crippen molar-refractivity contribution in [3.63, 3.8) is 0 Å². The molecule has 10 heteroatoms. The predicted molar refractivity (Wildman–Crippen MR) is 128 cm³/mol. The molecule has 0 aliphatic heterocycles. The van der Waals surface area contributed by atoms with E-state index in [2.05, 4.69) is 24.7 Å². The number of carbonyl (C=O) groups is 1. The Kier molecular flexibility index (Phi) is 5.96. The summed E-state index contributed by atoms with van der Waals surface area (Å²) in [4.78, 5) is 29.0. The number of benzene rings is 2. The van der Waals surface area contributed by atoms with Crippen LogP contribution in [0.2, 0.25) is 0 Å². The van der Waals surface area contributed by atoms with Crippen LogP contribution in [-0.2, 0) is 0 Å². The molecule has 0 fully saturated rings. The number of ketones is 1. The number of carbonyl (C=O) groups excluding carboxylic acids is 1. The van der Waals surface area contributed by atoms with Gasteiger partial charge in [-0.2, -0.15) is 0 Å². The zero-order valence-electron chi connectivity index (χ0n) is 18.1. The molecule has 0 amide bonds. The van der Waals surface area contributed by atoms with Gasteiger partial charge in [0, 0.05) is 46.9 Å². The average molecular weight is 491 g/mol. The molecule has 0 aliphatic rings. The first-order chi connectivity index (χ1) is 16.9. The Labute approximate surface area is 201 Å². The van der Waals surface area contributed by atoms with Gasteiger partial charge >= 0.3 is 0 Å². The number of nitrogens with one attached hydrogen (secondary N) is 2. The Hall–Kier alpha value is -4.18. The normalized spacial score (nSPS) is 11.1. The molecule has 0 aliphatic carbocycles. The summed E-state index contributed by atoms with van der Waals surface area (Å²) < 4.78 is 46.5. The van der Waals surface area contributed by atoms with Gasteiger partial charge in [-0.1, -0.05) is 12.1 Å². The maximum Gasteiger partial charge on any atom is 0.201 e. The Morgan fingerprint density at radius 2 is 1.69 bits per heavy atom. The summed E-state index contributed by atoms with van der Waals surface area (Å²) in [5, 5.41) is 0.394. The average Bonchev–Trinajstić information content (AvgIpc) is 3.28. The SMILES string of the molecule is Cc1ncc(-c2cnc3[nH]cc(C(=O)c4c(F)ccc(NSc5ccccc5F)c4F)c3c2)cn1. The van der Waals surface area contributed by atoms with E-state index in [0.717, 1.165) is 24.1 Å². The van der Waals surface area contributed by atoms with Gasteiger partial charge in [0.25, 0.3) is 0 Å². The Morgan fingerprint density at radius 3 is 2.46 bits per heavy atom. The smallest absolute Gasteiger partial charge is 0.201 e. The number of H-pyrrole nitrogens is 1. The van der Waals surface area contributed by atoms with Crippen LogP contribution in [0.1, 0.15) is 21.7 Å². The molecule has 0 unspecified atom stereocenters. The summed E-state index contributed by atoms with van der Waals surface area (Å²) in [7, 11) is 0. The molecule has 3 aromatic heterocycles. The minimum absolute atomic E-state index is 0.0547. The van der Waals surface area contributed by atoms with Crippen molar-refractivity contribution >= 4 is 34.5 Å². The molecule has 174 valence electrons. The quantitative estimate of drug-likeness (QED) is 0.221. The van der Waals surface area contributed by atoms with Crippen LogP contribution < -0.4 is 4.72 Å². The molecule has 0 atom stereocenters. The molecule has 2 N–H and O–H groups in total. The van der Waals surface area contributed by atoms with E-state index in [1.807, 2.05) is 0 Å². The van der Waals surface area contributed by atoms with Gasteiger partial charge in [0.05, 0.1) is 16.1 Å². The summed E-state index contributed by atoms with van der Waals surface area (Å²) in [6.07, 6.45) is 6.21. The summed E-state index contributed by atoms with van der Waals surface area (Å²) in [5.41, 5.74) is 0.879. The summed E-state index contributed by atoms with van der Waals surface area (Å²) in [6, 6.07) is 9.77. The highest BCUT2D eigenvalue weighted by atomic mass is 32.2. The van der Waals surface area contributed by atoms with E-state index in [1.54, 1.807) is 37.6 Å². The van der Waals surface area contributed by atoms with Crippen LogP contribution in [-0.4, -0.2) is 25.7 Å². The van der Waals surface area contributed by atoms with Gasteiger partial charge < -0.3 is 9.71 Å². The van der Waals surface area contributed by atoms with Gasteiger partial charge in [0.1, 0.15) is 23.1 Å². The molecule has 3 heterocycles. The number of aromatic amines is 1. The molecule has 0 bridgehead atoms. The first kappa shape index (κ1) is 22.6. The van der Waals surface area contributed by atoms with Gasteiger partial charge in [-0.05, 0) is 49.2 Å². The van der Waals surface area contributed by atoms with E-state index in [-0.39, 0.29) is 16.1 Å². The summed E-state index contributed by atoms with van der Waals surface area (Å²) in [5.74, 6) is -2.84. The third-order valence-corrected chi connectivity index (χ3v) is 6.19. The Morgan fingerprint density at radius 1 is 0.943 bits per heavy atom. The lowest BCUT2D eigenvalue weighted by Crippen LogP contribution is -2.09. The maximum atomic E-state index is 15.3. The molecule has 5 aromatic rings. The maximum absolute atomic E-state index is 15.3. The number of halogens is 3. The molecule has 0 saturated carbocycles.